The molecule has 0 atom stereocenters. The Balaban J connectivity index is 1.46. The molecule has 0 unspecified atom stereocenters. The zero-order valence-corrected chi connectivity index (χ0v) is 17.3. The van der Waals surface area contributed by atoms with Crippen LogP contribution in [0.25, 0.3) is 6.08 Å². The Hall–Kier alpha value is -3.61. The van der Waals surface area contributed by atoms with E-state index in [2.05, 4.69) is 10.2 Å². The molecule has 3 N–H and O–H groups in total. The summed E-state index contributed by atoms with van der Waals surface area (Å²) >= 11 is 0. The number of carbonyl (C=O) groups is 3. The van der Waals surface area contributed by atoms with Crippen molar-refractivity contribution in [2.24, 2.45) is 5.73 Å². The van der Waals surface area contributed by atoms with Gasteiger partial charge in [0, 0.05) is 43.4 Å². The summed E-state index contributed by atoms with van der Waals surface area (Å²) in [6, 6.07) is 12.7. The summed E-state index contributed by atoms with van der Waals surface area (Å²) in [4.78, 5) is 40.0. The van der Waals surface area contributed by atoms with Gasteiger partial charge in [0.2, 0.25) is 17.7 Å². The van der Waals surface area contributed by atoms with Gasteiger partial charge in [0.25, 0.3) is 0 Å². The summed E-state index contributed by atoms with van der Waals surface area (Å²) in [5.41, 5.74) is 8.98. The van der Waals surface area contributed by atoms with Crippen molar-refractivity contribution in [3.63, 3.8) is 0 Å². The average molecular weight is 418 g/mol. The second kappa shape index (κ2) is 9.04. The average Bonchev–Trinajstić information content (AvgIpc) is 3.44. The van der Waals surface area contributed by atoms with Gasteiger partial charge in [0.15, 0.2) is 0 Å². The molecule has 31 heavy (non-hydrogen) atoms. The number of carbonyl (C=O) groups excluding carboxylic acids is 3. The summed E-state index contributed by atoms with van der Waals surface area (Å²) in [5, 5.41) is 2.89. The zero-order chi connectivity index (χ0) is 21.8. The van der Waals surface area contributed by atoms with Crippen LogP contribution in [0, 0.1) is 0 Å². The molecule has 160 valence electrons. The lowest BCUT2D eigenvalue weighted by atomic mass is 10.1. The van der Waals surface area contributed by atoms with Gasteiger partial charge >= 0.3 is 0 Å². The number of benzene rings is 2. The van der Waals surface area contributed by atoms with Crippen LogP contribution in [0.4, 0.5) is 17.1 Å². The maximum absolute atomic E-state index is 12.6. The fraction of sp³-hybridized carbons (Fsp3) is 0.292. The van der Waals surface area contributed by atoms with E-state index in [9.17, 15) is 14.4 Å². The highest BCUT2D eigenvalue weighted by molar-refractivity contribution is 6.05. The maximum Gasteiger partial charge on any atom is 0.248 e. The van der Waals surface area contributed by atoms with Gasteiger partial charge in [-0.05, 0) is 61.2 Å². The third kappa shape index (κ3) is 4.77. The molecule has 0 radical (unpaired) electrons. The van der Waals surface area contributed by atoms with Crippen LogP contribution in [-0.4, -0.2) is 37.4 Å². The molecule has 2 aromatic rings. The summed E-state index contributed by atoms with van der Waals surface area (Å²) < 4.78 is 0. The fourth-order valence-electron chi connectivity index (χ4n) is 4.06. The van der Waals surface area contributed by atoms with Crippen LogP contribution in [-0.2, 0) is 9.59 Å². The number of hydrogen-bond acceptors (Lipinski definition) is 4. The monoisotopic (exact) mass is 418 g/mol. The summed E-state index contributed by atoms with van der Waals surface area (Å²) in [6.45, 7) is 2.58. The second-order valence-corrected chi connectivity index (χ2v) is 7.85. The molecular formula is C24H26N4O3. The quantitative estimate of drug-likeness (QED) is 0.705. The van der Waals surface area contributed by atoms with E-state index < -0.39 is 5.91 Å². The van der Waals surface area contributed by atoms with Crippen molar-refractivity contribution in [2.75, 3.05) is 34.8 Å². The summed E-state index contributed by atoms with van der Waals surface area (Å²) in [5.74, 6) is -0.675. The Morgan fingerprint density at radius 3 is 2.35 bits per heavy atom. The second-order valence-electron chi connectivity index (χ2n) is 7.85. The normalized spacial score (nSPS) is 16.3. The van der Waals surface area contributed by atoms with Crippen molar-refractivity contribution < 1.29 is 14.4 Å². The molecular weight excluding hydrogens is 392 g/mol. The molecule has 4 rings (SSSR count). The Morgan fingerprint density at radius 1 is 0.968 bits per heavy atom. The molecule has 3 amide bonds. The van der Waals surface area contributed by atoms with Gasteiger partial charge in [0.1, 0.15) is 0 Å². The molecule has 2 aliphatic heterocycles. The van der Waals surface area contributed by atoms with Crippen LogP contribution in [0.3, 0.4) is 0 Å². The molecule has 0 aromatic heterocycles. The van der Waals surface area contributed by atoms with Crippen molar-refractivity contribution in [1.29, 1.82) is 0 Å². The summed E-state index contributed by atoms with van der Waals surface area (Å²) in [7, 11) is 0. The molecule has 0 aliphatic carbocycles. The highest BCUT2D eigenvalue weighted by Crippen LogP contribution is 2.30. The van der Waals surface area contributed by atoms with Crippen molar-refractivity contribution in [3.8, 4) is 0 Å². The molecule has 7 heteroatoms. The number of nitrogens with zero attached hydrogens (tertiary/aromatic N) is 2. The number of primary amides is 1. The van der Waals surface area contributed by atoms with E-state index in [1.54, 1.807) is 23.1 Å². The predicted octanol–water partition coefficient (Wildman–Crippen LogP) is 3.16. The topological polar surface area (TPSA) is 95.7 Å². The standard InChI is InChI=1S/C24H26N4O3/c25-24(31)18-8-11-21(27-13-1-2-14-27)20(16-18)26-22(29)12-7-17-5-9-19(10-6-17)28-15-3-4-23(28)30/h5-12,16H,1-4,13-15H2,(H2,25,31)(H,26,29)/b12-7+. The lowest BCUT2D eigenvalue weighted by Crippen LogP contribution is -2.23. The van der Waals surface area contributed by atoms with Crippen LogP contribution >= 0.6 is 0 Å². The molecule has 2 saturated heterocycles. The SMILES string of the molecule is NC(=O)c1ccc(N2CCCC2)c(NC(=O)/C=C/c2ccc(N3CCCC3=O)cc2)c1. The highest BCUT2D eigenvalue weighted by Gasteiger charge is 2.21. The Kier molecular flexibility index (Phi) is 6.02. The van der Waals surface area contributed by atoms with E-state index >= 15 is 0 Å². The van der Waals surface area contributed by atoms with Gasteiger partial charge in [-0.25, -0.2) is 0 Å². The number of rotatable bonds is 6. The van der Waals surface area contributed by atoms with Gasteiger partial charge < -0.3 is 20.9 Å². The minimum Gasteiger partial charge on any atom is -0.370 e. The first kappa shape index (κ1) is 20.7. The Bertz CT molecular complexity index is 1020. The van der Waals surface area contributed by atoms with Crippen molar-refractivity contribution in [2.45, 2.75) is 25.7 Å². The Morgan fingerprint density at radius 2 is 1.71 bits per heavy atom. The fourth-order valence-corrected chi connectivity index (χ4v) is 4.06. The number of amides is 3. The minimum atomic E-state index is -0.532. The summed E-state index contributed by atoms with van der Waals surface area (Å²) in [6.07, 6.45) is 6.86. The minimum absolute atomic E-state index is 0.148. The lowest BCUT2D eigenvalue weighted by molar-refractivity contribution is -0.117. The van der Waals surface area contributed by atoms with Gasteiger partial charge in [0.05, 0.1) is 11.4 Å². The molecule has 0 spiro atoms. The van der Waals surface area contributed by atoms with Crippen LogP contribution < -0.4 is 20.9 Å². The van der Waals surface area contributed by atoms with Crippen molar-refractivity contribution >= 4 is 40.9 Å². The smallest absolute Gasteiger partial charge is 0.248 e. The molecule has 2 fully saturated rings. The van der Waals surface area contributed by atoms with E-state index in [0.29, 0.717) is 17.7 Å². The largest absolute Gasteiger partial charge is 0.370 e. The van der Waals surface area contributed by atoms with Gasteiger partial charge in [-0.1, -0.05) is 12.1 Å². The molecule has 0 saturated carbocycles. The van der Waals surface area contributed by atoms with Gasteiger partial charge in [-0.15, -0.1) is 0 Å². The third-order valence-corrected chi connectivity index (χ3v) is 5.69. The van der Waals surface area contributed by atoms with Crippen molar-refractivity contribution in [3.05, 3.63) is 59.7 Å². The van der Waals surface area contributed by atoms with Crippen LogP contribution in [0.15, 0.2) is 48.5 Å². The highest BCUT2D eigenvalue weighted by atomic mass is 16.2. The maximum atomic E-state index is 12.6. The zero-order valence-electron chi connectivity index (χ0n) is 17.3. The third-order valence-electron chi connectivity index (χ3n) is 5.69. The van der Waals surface area contributed by atoms with E-state index in [0.717, 1.165) is 55.8 Å². The van der Waals surface area contributed by atoms with Crippen LogP contribution in [0.5, 0.6) is 0 Å². The van der Waals surface area contributed by atoms with Crippen LogP contribution in [0.1, 0.15) is 41.6 Å². The van der Waals surface area contributed by atoms with Crippen molar-refractivity contribution in [1.82, 2.24) is 0 Å². The Labute approximate surface area is 181 Å². The first-order valence-corrected chi connectivity index (χ1v) is 10.6. The number of hydrogen-bond donors (Lipinski definition) is 2. The van der Waals surface area contributed by atoms with E-state index in [1.165, 1.54) is 6.08 Å². The molecule has 7 nitrogen and oxygen atoms in total. The molecule has 2 aliphatic rings. The first-order valence-electron chi connectivity index (χ1n) is 10.6. The number of anilines is 3. The van der Waals surface area contributed by atoms with E-state index in [-0.39, 0.29) is 11.8 Å². The predicted molar refractivity (Wildman–Crippen MR) is 122 cm³/mol. The van der Waals surface area contributed by atoms with E-state index in [4.69, 9.17) is 5.73 Å². The number of nitrogens with two attached hydrogens (primary N) is 1. The molecule has 2 heterocycles. The lowest BCUT2D eigenvalue weighted by Gasteiger charge is -2.21. The molecule has 0 bridgehead atoms. The van der Waals surface area contributed by atoms with Gasteiger partial charge in [-0.2, -0.15) is 0 Å². The first-order chi connectivity index (χ1) is 15.0. The molecule has 2 aromatic carbocycles. The van der Waals surface area contributed by atoms with Gasteiger partial charge in [-0.3, -0.25) is 14.4 Å². The van der Waals surface area contributed by atoms with E-state index in [1.807, 2.05) is 30.3 Å². The van der Waals surface area contributed by atoms with Crippen LogP contribution in [0.2, 0.25) is 0 Å². The number of nitrogens with one attached hydrogen (secondary N) is 1.